The van der Waals surface area contributed by atoms with Crippen molar-refractivity contribution >= 4 is 76.5 Å². The summed E-state index contributed by atoms with van der Waals surface area (Å²) in [5.74, 6) is -0.239. The highest BCUT2D eigenvalue weighted by Crippen LogP contribution is 2.43. The molecule has 0 saturated heterocycles. The number of hydrogen-bond acceptors (Lipinski definition) is 13. The number of para-hydroxylation sites is 1. The number of aryl methyl sites for hydroxylation is 4. The monoisotopic (exact) mass is 793 g/mol. The molecule has 0 saturated carbocycles. The minimum atomic E-state index is -4.83. The predicted octanol–water partition coefficient (Wildman–Crippen LogP) is 11.3. The minimum absolute atomic E-state index is 0.0677. The maximum absolute atomic E-state index is 12.5. The Morgan fingerprint density at radius 2 is 1.04 bits per heavy atom. The number of anilines is 2. The third-order valence-electron chi connectivity index (χ3n) is 8.65. The quantitative estimate of drug-likeness (QED) is 0.0722. The van der Waals surface area contributed by atoms with Gasteiger partial charge in [-0.2, -0.15) is 37.3 Å². The SMILES string of the molecule is COc1ccc(N=Nc2cc(C)c(N=Nc3cc(C)c(N=Nc4c(S(=O)(=O)O)cc5cc(Nc6ccccc6)ccc5c4O)cc3C)cc2C)c(S(=O)(=O)O)c1. The molecule has 0 atom stereocenters. The number of benzene rings is 6. The highest BCUT2D eigenvalue weighted by molar-refractivity contribution is 7.86. The Kier molecular flexibility index (Phi) is 11.1. The zero-order valence-electron chi connectivity index (χ0n) is 30.6. The van der Waals surface area contributed by atoms with E-state index in [0.717, 1.165) is 11.8 Å². The molecule has 0 radical (unpaired) electrons. The number of rotatable bonds is 11. The maximum atomic E-state index is 12.5. The molecule has 6 rings (SSSR count). The Labute approximate surface area is 322 Å². The van der Waals surface area contributed by atoms with Gasteiger partial charge in [0.15, 0.2) is 5.75 Å². The van der Waals surface area contributed by atoms with E-state index in [1.807, 2.05) is 30.3 Å². The lowest BCUT2D eigenvalue weighted by Gasteiger charge is -2.12. The van der Waals surface area contributed by atoms with E-state index in [-0.39, 0.29) is 11.4 Å². The summed E-state index contributed by atoms with van der Waals surface area (Å²) in [6.45, 7) is 7.12. The standard InChI is InChI=1S/C39H35N7O8S2/c1-22-16-33(23(2)15-32(22)42-41-31-14-12-29(54-5)21-36(31)55(48,49)50)43-44-34-17-25(4)35(18-24(34)3)45-46-38-37(56(51,52)53)20-26-19-28(11-13-30(26)39(38)47)40-27-9-7-6-8-10-27/h6-21,40,47H,1-5H3,(H,48,49,50)(H,51,52,53). The first-order valence-electron chi connectivity index (χ1n) is 16.7. The van der Waals surface area contributed by atoms with Crippen LogP contribution in [0.25, 0.3) is 10.8 Å². The van der Waals surface area contributed by atoms with Crippen LogP contribution in [0.5, 0.6) is 11.5 Å². The summed E-state index contributed by atoms with van der Waals surface area (Å²) >= 11 is 0. The highest BCUT2D eigenvalue weighted by atomic mass is 32.2. The van der Waals surface area contributed by atoms with Gasteiger partial charge in [0, 0.05) is 22.8 Å². The summed E-state index contributed by atoms with van der Waals surface area (Å²) in [4.78, 5) is -1.05. The number of hydrogen-bond donors (Lipinski definition) is 4. The van der Waals surface area contributed by atoms with Gasteiger partial charge in [0.2, 0.25) is 0 Å². The molecule has 0 amide bonds. The van der Waals surface area contributed by atoms with Crippen molar-refractivity contribution in [2.75, 3.05) is 12.4 Å². The molecule has 0 heterocycles. The number of azo groups is 3. The topological polar surface area (TPSA) is 224 Å². The van der Waals surface area contributed by atoms with Crippen LogP contribution in [-0.2, 0) is 20.2 Å². The zero-order chi connectivity index (χ0) is 40.4. The largest absolute Gasteiger partial charge is 0.505 e. The summed E-state index contributed by atoms with van der Waals surface area (Å²) in [7, 11) is -8.05. The van der Waals surface area contributed by atoms with Crippen molar-refractivity contribution in [2.24, 2.45) is 30.7 Å². The van der Waals surface area contributed by atoms with E-state index >= 15 is 0 Å². The second-order valence-electron chi connectivity index (χ2n) is 12.7. The number of ether oxygens (including phenoxy) is 1. The Bertz CT molecular complexity index is 2830. The lowest BCUT2D eigenvalue weighted by Crippen LogP contribution is -1.99. The van der Waals surface area contributed by atoms with Crippen molar-refractivity contribution in [1.29, 1.82) is 0 Å². The predicted molar refractivity (Wildman–Crippen MR) is 212 cm³/mol. The van der Waals surface area contributed by atoms with Crippen LogP contribution in [0.4, 0.5) is 45.5 Å². The normalized spacial score (nSPS) is 12.3. The van der Waals surface area contributed by atoms with Gasteiger partial charge in [0.25, 0.3) is 20.2 Å². The third-order valence-corrected chi connectivity index (χ3v) is 10.4. The molecule has 0 aliphatic heterocycles. The lowest BCUT2D eigenvalue weighted by atomic mass is 10.1. The molecule has 15 nitrogen and oxygen atoms in total. The number of phenols is 1. The first kappa shape index (κ1) is 39.3. The van der Waals surface area contributed by atoms with Gasteiger partial charge in [-0.1, -0.05) is 18.2 Å². The fraction of sp³-hybridized carbons (Fsp3) is 0.128. The first-order valence-corrected chi connectivity index (χ1v) is 19.6. The van der Waals surface area contributed by atoms with Crippen molar-refractivity contribution < 1.29 is 35.8 Å². The van der Waals surface area contributed by atoms with Crippen molar-refractivity contribution in [3.8, 4) is 11.5 Å². The first-order chi connectivity index (χ1) is 26.5. The molecule has 0 unspecified atom stereocenters. The van der Waals surface area contributed by atoms with Gasteiger partial charge >= 0.3 is 0 Å². The molecule has 0 fully saturated rings. The van der Waals surface area contributed by atoms with Crippen LogP contribution in [0.3, 0.4) is 0 Å². The van der Waals surface area contributed by atoms with E-state index < -0.39 is 41.5 Å². The Morgan fingerprint density at radius 3 is 1.54 bits per heavy atom. The summed E-state index contributed by atoms with van der Waals surface area (Å²) in [6.07, 6.45) is 0. The average Bonchev–Trinajstić information content (AvgIpc) is 3.15. The summed E-state index contributed by atoms with van der Waals surface area (Å²) in [5.41, 5.74) is 5.48. The van der Waals surface area contributed by atoms with E-state index in [9.17, 15) is 31.0 Å². The third kappa shape index (κ3) is 8.76. The summed E-state index contributed by atoms with van der Waals surface area (Å²) in [5, 5.41) is 40.5. The fourth-order valence-corrected chi connectivity index (χ4v) is 6.94. The molecule has 6 aromatic rings. The Hall–Kier alpha value is -6.40. The maximum Gasteiger partial charge on any atom is 0.296 e. The van der Waals surface area contributed by atoms with Crippen molar-refractivity contribution in [2.45, 2.75) is 37.5 Å². The Morgan fingerprint density at radius 1 is 0.536 bits per heavy atom. The number of aromatic hydroxyl groups is 1. The van der Waals surface area contributed by atoms with Gasteiger partial charge in [-0.05, 0) is 128 Å². The van der Waals surface area contributed by atoms with E-state index in [4.69, 9.17) is 4.74 Å². The molecule has 0 aliphatic rings. The summed E-state index contributed by atoms with van der Waals surface area (Å²) in [6, 6.07) is 26.5. The van der Waals surface area contributed by atoms with Gasteiger partial charge in [0.1, 0.15) is 26.9 Å². The van der Waals surface area contributed by atoms with Crippen LogP contribution < -0.4 is 10.1 Å². The fourth-order valence-electron chi connectivity index (χ4n) is 5.64. The number of methoxy groups -OCH3 is 1. The van der Waals surface area contributed by atoms with Gasteiger partial charge in [0.05, 0.1) is 29.9 Å². The van der Waals surface area contributed by atoms with E-state index in [2.05, 4.69) is 36.0 Å². The number of nitrogens with zero attached hydrogens (tertiary/aromatic N) is 6. The highest BCUT2D eigenvalue weighted by Gasteiger charge is 2.23. The molecule has 17 heteroatoms. The van der Waals surface area contributed by atoms with Crippen LogP contribution in [0.2, 0.25) is 0 Å². The van der Waals surface area contributed by atoms with Crippen LogP contribution in [0.1, 0.15) is 22.3 Å². The molecular weight excluding hydrogens is 759 g/mol. The molecular formula is C39H35N7O8S2. The molecule has 0 spiro atoms. The van der Waals surface area contributed by atoms with Gasteiger partial charge in [-0.25, -0.2) is 0 Å². The van der Waals surface area contributed by atoms with Crippen molar-refractivity contribution in [3.05, 3.63) is 119 Å². The molecule has 0 aliphatic carbocycles. The number of nitrogens with one attached hydrogen (secondary N) is 1. The molecule has 0 bridgehead atoms. The van der Waals surface area contributed by atoms with Crippen LogP contribution >= 0.6 is 0 Å². The van der Waals surface area contributed by atoms with Gasteiger partial charge in [-0.15, -0.1) is 10.2 Å². The lowest BCUT2D eigenvalue weighted by molar-refractivity contribution is 0.412. The van der Waals surface area contributed by atoms with Gasteiger partial charge in [-0.3, -0.25) is 9.11 Å². The summed E-state index contributed by atoms with van der Waals surface area (Å²) < 4.78 is 73.6. The van der Waals surface area contributed by atoms with E-state index in [1.54, 1.807) is 70.2 Å². The smallest absolute Gasteiger partial charge is 0.296 e. The van der Waals surface area contributed by atoms with E-state index in [0.29, 0.717) is 61.5 Å². The molecule has 0 aromatic heterocycles. The number of phenolic OH excluding ortho intramolecular Hbond substituents is 1. The number of fused-ring (bicyclic) bond motifs is 1. The molecule has 6 aromatic carbocycles. The minimum Gasteiger partial charge on any atom is -0.505 e. The second kappa shape index (κ2) is 15.8. The van der Waals surface area contributed by atoms with Gasteiger partial charge < -0.3 is 15.2 Å². The van der Waals surface area contributed by atoms with Crippen molar-refractivity contribution in [1.82, 2.24) is 0 Å². The Balaban J connectivity index is 1.25. The van der Waals surface area contributed by atoms with Crippen LogP contribution in [-0.4, -0.2) is 38.2 Å². The van der Waals surface area contributed by atoms with Crippen LogP contribution in [0.15, 0.2) is 138 Å². The van der Waals surface area contributed by atoms with Crippen molar-refractivity contribution in [3.63, 3.8) is 0 Å². The molecule has 286 valence electrons. The molecule has 4 N–H and O–H groups in total. The van der Waals surface area contributed by atoms with Crippen LogP contribution in [0, 0.1) is 27.7 Å². The second-order valence-corrected chi connectivity index (χ2v) is 15.5. The zero-order valence-corrected chi connectivity index (χ0v) is 32.3. The average molecular weight is 794 g/mol. The molecule has 56 heavy (non-hydrogen) atoms. The van der Waals surface area contributed by atoms with E-state index in [1.165, 1.54) is 25.3 Å².